The van der Waals surface area contributed by atoms with Gasteiger partial charge in [0.1, 0.15) is 12.0 Å². The van der Waals surface area contributed by atoms with Crippen molar-refractivity contribution in [1.82, 2.24) is 10.2 Å². The van der Waals surface area contributed by atoms with Gasteiger partial charge < -0.3 is 4.42 Å². The Kier molecular flexibility index (Phi) is 1.44. The normalized spacial score (nSPS) is 10.9. The molecule has 3 aromatic rings. The highest BCUT2D eigenvalue weighted by molar-refractivity contribution is 5.93. The lowest BCUT2D eigenvalue weighted by atomic mass is 10.1. The van der Waals surface area contributed by atoms with Gasteiger partial charge in [-0.3, -0.25) is 5.10 Å². The van der Waals surface area contributed by atoms with Crippen molar-refractivity contribution in [2.75, 3.05) is 0 Å². The van der Waals surface area contributed by atoms with E-state index in [2.05, 4.69) is 16.4 Å². The molecular formula is C11H7N2O. The fraction of sp³-hybridized carbons (Fsp3) is 0. The first kappa shape index (κ1) is 7.38. The number of rotatable bonds is 1. The standard InChI is InChI=1S/C11H7N2O/c1-2-4-10-8(3-1)7-14-11(10)9-5-12-13-6-9/h1-5,7H,(H,12,13). The molecule has 1 radical (unpaired) electrons. The Morgan fingerprint density at radius 3 is 3.07 bits per heavy atom. The molecule has 0 saturated heterocycles. The van der Waals surface area contributed by atoms with Gasteiger partial charge in [-0.25, -0.2) is 0 Å². The number of aromatic amines is 1. The van der Waals surface area contributed by atoms with Crippen LogP contribution >= 0.6 is 0 Å². The minimum Gasteiger partial charge on any atom is -0.463 e. The van der Waals surface area contributed by atoms with E-state index in [0.29, 0.717) is 0 Å². The van der Waals surface area contributed by atoms with Crippen LogP contribution in [0.25, 0.3) is 22.1 Å². The molecule has 2 heterocycles. The van der Waals surface area contributed by atoms with Crippen LogP contribution in [0, 0.1) is 6.20 Å². The van der Waals surface area contributed by atoms with Crippen LogP contribution in [-0.2, 0) is 0 Å². The molecule has 0 atom stereocenters. The smallest absolute Gasteiger partial charge is 0.145 e. The Labute approximate surface area is 80.4 Å². The molecule has 0 unspecified atom stereocenters. The van der Waals surface area contributed by atoms with E-state index in [-0.39, 0.29) is 0 Å². The summed E-state index contributed by atoms with van der Waals surface area (Å²) in [6.07, 6.45) is 6.34. The third-order valence-electron chi connectivity index (χ3n) is 2.20. The quantitative estimate of drug-likeness (QED) is 0.630. The zero-order valence-electron chi connectivity index (χ0n) is 7.32. The number of aromatic nitrogens is 2. The first-order valence-corrected chi connectivity index (χ1v) is 4.33. The molecule has 3 heteroatoms. The van der Waals surface area contributed by atoms with Crippen LogP contribution in [0.4, 0.5) is 0 Å². The summed E-state index contributed by atoms with van der Waals surface area (Å²) in [6, 6.07) is 8.01. The average molecular weight is 183 g/mol. The van der Waals surface area contributed by atoms with Crippen LogP contribution in [-0.4, -0.2) is 10.2 Å². The molecule has 0 aliphatic rings. The maximum absolute atomic E-state index is 5.47. The molecule has 67 valence electrons. The summed E-state index contributed by atoms with van der Waals surface area (Å²) in [5.41, 5.74) is 0.853. The third-order valence-corrected chi connectivity index (χ3v) is 2.20. The van der Waals surface area contributed by atoms with E-state index in [1.165, 1.54) is 0 Å². The van der Waals surface area contributed by atoms with Crippen molar-refractivity contribution in [3.63, 3.8) is 0 Å². The second-order valence-corrected chi connectivity index (χ2v) is 3.06. The Morgan fingerprint density at radius 2 is 2.21 bits per heavy atom. The number of hydrogen-bond donors (Lipinski definition) is 1. The van der Waals surface area contributed by atoms with Gasteiger partial charge in [0.2, 0.25) is 0 Å². The van der Waals surface area contributed by atoms with Crippen molar-refractivity contribution in [2.45, 2.75) is 0 Å². The number of hydrogen-bond acceptors (Lipinski definition) is 2. The van der Waals surface area contributed by atoms with Crippen LogP contribution in [0.3, 0.4) is 0 Å². The van der Waals surface area contributed by atoms with Crippen molar-refractivity contribution < 1.29 is 4.42 Å². The number of nitrogens with one attached hydrogen (secondary N) is 1. The summed E-state index contributed by atoms with van der Waals surface area (Å²) < 4.78 is 5.47. The summed E-state index contributed by atoms with van der Waals surface area (Å²) >= 11 is 0. The number of H-pyrrole nitrogens is 1. The lowest BCUT2D eigenvalue weighted by molar-refractivity contribution is 0.587. The van der Waals surface area contributed by atoms with Crippen molar-refractivity contribution in [3.05, 3.63) is 42.9 Å². The van der Waals surface area contributed by atoms with E-state index < -0.39 is 0 Å². The van der Waals surface area contributed by atoms with Gasteiger partial charge in [-0.15, -0.1) is 0 Å². The molecule has 0 saturated carbocycles. The second-order valence-electron chi connectivity index (χ2n) is 3.06. The van der Waals surface area contributed by atoms with Crippen LogP contribution in [0.2, 0.25) is 0 Å². The van der Waals surface area contributed by atoms with Gasteiger partial charge in [-0.1, -0.05) is 24.3 Å². The SMILES string of the molecule is [c]1n[nH]cc1-c1occ2ccccc12. The van der Waals surface area contributed by atoms with E-state index in [4.69, 9.17) is 4.42 Å². The summed E-state index contributed by atoms with van der Waals surface area (Å²) in [5.74, 6) is 0.814. The molecule has 3 nitrogen and oxygen atoms in total. The van der Waals surface area contributed by atoms with Gasteiger partial charge in [-0.05, 0) is 0 Å². The van der Waals surface area contributed by atoms with Gasteiger partial charge in [0, 0.05) is 17.0 Å². The highest BCUT2D eigenvalue weighted by Crippen LogP contribution is 2.28. The Hall–Kier alpha value is -2.03. The predicted octanol–water partition coefficient (Wildman–Crippen LogP) is 2.62. The molecule has 0 aliphatic carbocycles. The Balaban J connectivity index is 2.33. The summed E-state index contributed by atoms with van der Waals surface area (Å²) in [6.45, 7) is 0. The molecule has 0 amide bonds. The van der Waals surface area contributed by atoms with E-state index in [9.17, 15) is 0 Å². The number of fused-ring (bicyclic) bond motifs is 1. The van der Waals surface area contributed by atoms with Crippen LogP contribution < -0.4 is 0 Å². The zero-order valence-corrected chi connectivity index (χ0v) is 7.32. The van der Waals surface area contributed by atoms with Crippen molar-refractivity contribution in [1.29, 1.82) is 0 Å². The van der Waals surface area contributed by atoms with E-state index in [1.807, 2.05) is 24.3 Å². The summed E-state index contributed by atoms with van der Waals surface area (Å²) in [7, 11) is 0. The second kappa shape index (κ2) is 2.73. The minimum atomic E-state index is 0.814. The molecule has 0 fully saturated rings. The topological polar surface area (TPSA) is 41.8 Å². The van der Waals surface area contributed by atoms with Crippen molar-refractivity contribution in [2.24, 2.45) is 0 Å². The molecular weight excluding hydrogens is 176 g/mol. The molecule has 0 bridgehead atoms. The highest BCUT2D eigenvalue weighted by Gasteiger charge is 2.08. The molecule has 3 rings (SSSR count). The Morgan fingerprint density at radius 1 is 1.29 bits per heavy atom. The third kappa shape index (κ3) is 0.956. The minimum absolute atomic E-state index is 0.814. The first-order valence-electron chi connectivity index (χ1n) is 4.33. The van der Waals surface area contributed by atoms with Crippen molar-refractivity contribution in [3.8, 4) is 11.3 Å². The highest BCUT2D eigenvalue weighted by atomic mass is 16.3. The summed E-state index contributed by atoms with van der Waals surface area (Å²) in [5, 5.41) is 8.67. The summed E-state index contributed by atoms with van der Waals surface area (Å²) in [4.78, 5) is 0. The van der Waals surface area contributed by atoms with Gasteiger partial charge in [0.05, 0.1) is 11.8 Å². The van der Waals surface area contributed by atoms with Gasteiger partial charge in [-0.2, -0.15) is 5.10 Å². The first-order chi connectivity index (χ1) is 6.95. The van der Waals surface area contributed by atoms with Gasteiger partial charge in [0.15, 0.2) is 0 Å². The van der Waals surface area contributed by atoms with E-state index in [0.717, 1.165) is 22.1 Å². The Bertz CT molecular complexity index is 551. The van der Waals surface area contributed by atoms with Gasteiger partial charge >= 0.3 is 0 Å². The maximum Gasteiger partial charge on any atom is 0.145 e. The van der Waals surface area contributed by atoms with Crippen LogP contribution in [0.15, 0.2) is 41.1 Å². The van der Waals surface area contributed by atoms with Gasteiger partial charge in [0.25, 0.3) is 0 Å². The zero-order chi connectivity index (χ0) is 9.38. The molecule has 14 heavy (non-hydrogen) atoms. The monoisotopic (exact) mass is 183 g/mol. The maximum atomic E-state index is 5.47. The number of nitrogens with zero attached hydrogens (tertiary/aromatic N) is 1. The average Bonchev–Trinajstić information content (AvgIpc) is 2.85. The molecule has 1 N–H and O–H groups in total. The lowest BCUT2D eigenvalue weighted by Gasteiger charge is -1.90. The molecule has 0 aliphatic heterocycles. The van der Waals surface area contributed by atoms with Crippen LogP contribution in [0.1, 0.15) is 0 Å². The fourth-order valence-electron chi connectivity index (χ4n) is 1.54. The number of furan rings is 1. The predicted molar refractivity (Wildman–Crippen MR) is 52.6 cm³/mol. The molecule has 1 aromatic carbocycles. The van der Waals surface area contributed by atoms with E-state index in [1.54, 1.807) is 12.5 Å². The van der Waals surface area contributed by atoms with Crippen molar-refractivity contribution >= 4 is 10.8 Å². The molecule has 2 aromatic heterocycles. The fourth-order valence-corrected chi connectivity index (χ4v) is 1.54. The molecule has 0 spiro atoms. The van der Waals surface area contributed by atoms with Crippen LogP contribution in [0.5, 0.6) is 0 Å². The largest absolute Gasteiger partial charge is 0.463 e. The van der Waals surface area contributed by atoms with E-state index >= 15 is 0 Å². The lowest BCUT2D eigenvalue weighted by Crippen LogP contribution is -1.69. The number of benzene rings is 1.